The van der Waals surface area contributed by atoms with Crippen LogP contribution in [-0.4, -0.2) is 48.2 Å². The van der Waals surface area contributed by atoms with Crippen molar-refractivity contribution in [2.45, 2.75) is 38.7 Å². The minimum atomic E-state index is -0.193. The van der Waals surface area contributed by atoms with Crippen molar-refractivity contribution in [3.05, 3.63) is 70.8 Å². The number of piperidine rings is 1. The predicted octanol–water partition coefficient (Wildman–Crippen LogP) is 3.16. The number of hydrogen-bond donors (Lipinski definition) is 2. The molecule has 1 saturated heterocycles. The molecule has 0 bridgehead atoms. The molecule has 1 fully saturated rings. The highest BCUT2D eigenvalue weighted by atomic mass is 16.3. The van der Waals surface area contributed by atoms with Crippen LogP contribution >= 0.6 is 0 Å². The van der Waals surface area contributed by atoms with Crippen LogP contribution in [0.25, 0.3) is 0 Å². The second-order valence-electron chi connectivity index (χ2n) is 7.53. The fourth-order valence-electron chi connectivity index (χ4n) is 3.66. The number of carbonyl (C=O) groups is 1. The number of aliphatic hydroxyl groups is 1. The van der Waals surface area contributed by atoms with Crippen molar-refractivity contribution in [3.63, 3.8) is 0 Å². The summed E-state index contributed by atoms with van der Waals surface area (Å²) < 4.78 is 0. The fourth-order valence-corrected chi connectivity index (χ4v) is 3.66. The molecule has 0 radical (unpaired) electrons. The summed E-state index contributed by atoms with van der Waals surface area (Å²) in [5, 5.41) is 12.8. The van der Waals surface area contributed by atoms with Crippen molar-refractivity contribution in [2.24, 2.45) is 0 Å². The van der Waals surface area contributed by atoms with Crippen LogP contribution in [0.4, 0.5) is 0 Å². The first kappa shape index (κ1) is 19.6. The number of nitrogens with zero attached hydrogens (tertiary/aromatic N) is 1. The molecule has 0 spiro atoms. The quantitative estimate of drug-likeness (QED) is 0.740. The van der Waals surface area contributed by atoms with Crippen LogP contribution in [0.2, 0.25) is 0 Å². The molecule has 2 aromatic rings. The molecule has 0 unspecified atom stereocenters. The first-order chi connectivity index (χ1) is 13.1. The monoisotopic (exact) mass is 366 g/mol. The van der Waals surface area contributed by atoms with E-state index in [9.17, 15) is 9.90 Å². The van der Waals surface area contributed by atoms with E-state index in [1.165, 1.54) is 11.1 Å². The highest BCUT2D eigenvalue weighted by Gasteiger charge is 2.17. The summed E-state index contributed by atoms with van der Waals surface area (Å²) in [7, 11) is 0. The summed E-state index contributed by atoms with van der Waals surface area (Å²) in [6, 6.07) is 16.3. The highest BCUT2D eigenvalue weighted by Crippen LogP contribution is 2.15. The maximum atomic E-state index is 12.6. The summed E-state index contributed by atoms with van der Waals surface area (Å²) in [5.41, 5.74) is 4.26. The lowest BCUT2D eigenvalue weighted by Gasteiger charge is -2.29. The van der Waals surface area contributed by atoms with E-state index in [0.29, 0.717) is 6.54 Å². The molecule has 2 N–H and O–H groups in total. The van der Waals surface area contributed by atoms with Crippen LogP contribution in [0.15, 0.2) is 48.5 Å². The Morgan fingerprint density at radius 2 is 1.96 bits per heavy atom. The Balaban J connectivity index is 1.51. The summed E-state index contributed by atoms with van der Waals surface area (Å²) in [5.74, 6) is -0.00334. The molecular weight excluding hydrogens is 336 g/mol. The van der Waals surface area contributed by atoms with E-state index in [1.807, 2.05) is 24.3 Å². The van der Waals surface area contributed by atoms with Crippen molar-refractivity contribution in [1.29, 1.82) is 0 Å². The Bertz CT molecular complexity index is 742. The van der Waals surface area contributed by atoms with Gasteiger partial charge < -0.3 is 15.3 Å². The van der Waals surface area contributed by atoms with Gasteiger partial charge in [-0.3, -0.25) is 4.79 Å². The van der Waals surface area contributed by atoms with Crippen LogP contribution < -0.4 is 5.32 Å². The smallest absolute Gasteiger partial charge is 0.251 e. The standard InChI is InChI=1S/C23H30N2O2/c1-18-9-11-19(12-10-18)16-20-6-2-3-8-22(20)23(27)24-13-5-15-25-14-4-7-21(26)17-25/h2-3,6,8-12,21,26H,4-5,7,13-17H2,1H3,(H,24,27)/t21-/m1/s1. The van der Waals surface area contributed by atoms with Crippen LogP contribution in [0.5, 0.6) is 0 Å². The van der Waals surface area contributed by atoms with E-state index in [1.54, 1.807) is 0 Å². The van der Waals surface area contributed by atoms with Crippen LogP contribution in [0.3, 0.4) is 0 Å². The van der Waals surface area contributed by atoms with Gasteiger partial charge in [0.2, 0.25) is 0 Å². The third-order valence-corrected chi connectivity index (χ3v) is 5.19. The van der Waals surface area contributed by atoms with Gasteiger partial charge in [-0.25, -0.2) is 0 Å². The maximum Gasteiger partial charge on any atom is 0.251 e. The Hall–Kier alpha value is -2.17. The number of amides is 1. The molecule has 2 aromatic carbocycles. The number of hydrogen-bond acceptors (Lipinski definition) is 3. The average molecular weight is 367 g/mol. The minimum Gasteiger partial charge on any atom is -0.392 e. The van der Waals surface area contributed by atoms with E-state index < -0.39 is 0 Å². The van der Waals surface area contributed by atoms with Gasteiger partial charge in [0.05, 0.1) is 6.10 Å². The van der Waals surface area contributed by atoms with Gasteiger partial charge in [-0.05, 0) is 62.9 Å². The Kier molecular flexibility index (Phi) is 7.02. The largest absolute Gasteiger partial charge is 0.392 e. The number of aryl methyl sites for hydroxylation is 1. The van der Waals surface area contributed by atoms with Crippen molar-refractivity contribution >= 4 is 5.91 Å². The molecule has 1 heterocycles. The van der Waals surface area contributed by atoms with Crippen molar-refractivity contribution in [3.8, 4) is 0 Å². The third-order valence-electron chi connectivity index (χ3n) is 5.19. The van der Waals surface area contributed by atoms with Gasteiger partial charge >= 0.3 is 0 Å². The van der Waals surface area contributed by atoms with E-state index in [-0.39, 0.29) is 12.0 Å². The van der Waals surface area contributed by atoms with Gasteiger partial charge in [0.15, 0.2) is 0 Å². The highest BCUT2D eigenvalue weighted by molar-refractivity contribution is 5.95. The van der Waals surface area contributed by atoms with Gasteiger partial charge in [-0.1, -0.05) is 48.0 Å². The molecule has 3 rings (SSSR count). The SMILES string of the molecule is Cc1ccc(Cc2ccccc2C(=O)NCCCN2CCC[C@@H](O)C2)cc1. The van der Waals surface area contributed by atoms with Gasteiger partial charge in [0.25, 0.3) is 5.91 Å². The Morgan fingerprint density at radius 1 is 1.19 bits per heavy atom. The zero-order valence-electron chi connectivity index (χ0n) is 16.2. The first-order valence-electron chi connectivity index (χ1n) is 9.94. The number of rotatable bonds is 7. The molecule has 1 atom stereocenters. The molecule has 1 amide bonds. The summed E-state index contributed by atoms with van der Waals surface area (Å²) in [6.07, 6.45) is 3.43. The maximum absolute atomic E-state index is 12.6. The van der Waals surface area contributed by atoms with Crippen molar-refractivity contribution < 1.29 is 9.90 Å². The second-order valence-corrected chi connectivity index (χ2v) is 7.53. The Labute approximate surface area is 162 Å². The lowest BCUT2D eigenvalue weighted by Crippen LogP contribution is -2.39. The van der Waals surface area contributed by atoms with Crippen molar-refractivity contribution in [1.82, 2.24) is 10.2 Å². The van der Waals surface area contributed by atoms with E-state index >= 15 is 0 Å². The van der Waals surface area contributed by atoms with Gasteiger partial charge in [0.1, 0.15) is 0 Å². The molecule has 27 heavy (non-hydrogen) atoms. The van der Waals surface area contributed by atoms with E-state index in [0.717, 1.165) is 56.4 Å². The lowest BCUT2D eigenvalue weighted by molar-refractivity contribution is 0.0697. The zero-order chi connectivity index (χ0) is 19.1. The Morgan fingerprint density at radius 3 is 2.74 bits per heavy atom. The average Bonchev–Trinajstić information content (AvgIpc) is 2.67. The molecule has 144 valence electrons. The number of carbonyl (C=O) groups excluding carboxylic acids is 1. The number of aliphatic hydroxyl groups excluding tert-OH is 1. The summed E-state index contributed by atoms with van der Waals surface area (Å²) in [4.78, 5) is 14.9. The molecule has 4 heteroatoms. The molecule has 0 saturated carbocycles. The predicted molar refractivity (Wildman–Crippen MR) is 109 cm³/mol. The second kappa shape index (κ2) is 9.67. The third kappa shape index (κ3) is 5.91. The van der Waals surface area contributed by atoms with Crippen LogP contribution in [0, 0.1) is 6.92 Å². The van der Waals surface area contributed by atoms with E-state index in [4.69, 9.17) is 0 Å². The molecule has 0 aromatic heterocycles. The van der Waals surface area contributed by atoms with Crippen molar-refractivity contribution in [2.75, 3.05) is 26.2 Å². The van der Waals surface area contributed by atoms with Crippen LogP contribution in [0.1, 0.15) is 46.3 Å². The summed E-state index contributed by atoms with van der Waals surface area (Å²) >= 11 is 0. The number of β-amino-alcohol motifs (C(OH)–C–C–N with tert-alkyl or cyclic N) is 1. The van der Waals surface area contributed by atoms with Gasteiger partial charge in [-0.15, -0.1) is 0 Å². The zero-order valence-corrected chi connectivity index (χ0v) is 16.2. The lowest BCUT2D eigenvalue weighted by atomic mass is 9.98. The molecule has 4 nitrogen and oxygen atoms in total. The number of benzene rings is 2. The first-order valence-corrected chi connectivity index (χ1v) is 9.94. The van der Waals surface area contributed by atoms with E-state index in [2.05, 4.69) is 41.4 Å². The van der Waals surface area contributed by atoms with Gasteiger partial charge in [-0.2, -0.15) is 0 Å². The molecule has 1 aliphatic heterocycles. The number of likely N-dealkylation sites (tertiary alicyclic amines) is 1. The molecule has 0 aliphatic carbocycles. The summed E-state index contributed by atoms with van der Waals surface area (Å²) in [6.45, 7) is 5.46. The number of nitrogens with one attached hydrogen (secondary N) is 1. The van der Waals surface area contributed by atoms with Gasteiger partial charge in [0, 0.05) is 18.7 Å². The minimum absolute atomic E-state index is 0.00334. The topological polar surface area (TPSA) is 52.6 Å². The van der Waals surface area contributed by atoms with Crippen LogP contribution in [-0.2, 0) is 6.42 Å². The molecule has 1 aliphatic rings. The molecular formula is C23H30N2O2. The normalized spacial score (nSPS) is 17.6. The fraction of sp³-hybridized carbons (Fsp3) is 0.435.